The summed E-state index contributed by atoms with van der Waals surface area (Å²) < 4.78 is 35.5. The summed E-state index contributed by atoms with van der Waals surface area (Å²) in [5.41, 5.74) is 0.620. The molecule has 0 fully saturated rings. The zero-order valence-electron chi connectivity index (χ0n) is 17.8. The number of ether oxygens (including phenoxy) is 1. The van der Waals surface area contributed by atoms with Crippen molar-refractivity contribution >= 4 is 21.7 Å². The molecule has 172 valence electrons. The van der Waals surface area contributed by atoms with Gasteiger partial charge in [-0.1, -0.05) is 12.1 Å². The highest BCUT2D eigenvalue weighted by Crippen LogP contribution is 2.22. The lowest BCUT2D eigenvalue weighted by Crippen LogP contribution is -2.23. The molecule has 1 aromatic heterocycles. The first-order chi connectivity index (χ1) is 15.7. The van der Waals surface area contributed by atoms with Crippen molar-refractivity contribution in [1.29, 1.82) is 0 Å². The second-order valence-corrected chi connectivity index (χ2v) is 8.68. The fraction of sp³-hybridized carbons (Fsp3) is 0.182. The SMILES string of the molecule is CC(C)Oc1ncccc1CNC(=O)c1ccc(OS(=O)(=O)c2cccc([N+](=O)[O-])c2)cc1. The first-order valence-electron chi connectivity index (χ1n) is 9.83. The van der Waals surface area contributed by atoms with Gasteiger partial charge in [0.05, 0.1) is 11.0 Å². The van der Waals surface area contributed by atoms with Gasteiger partial charge in [-0.3, -0.25) is 14.9 Å². The maximum Gasteiger partial charge on any atom is 0.339 e. The Morgan fingerprint density at radius 3 is 2.52 bits per heavy atom. The van der Waals surface area contributed by atoms with Gasteiger partial charge in [0.1, 0.15) is 10.6 Å². The van der Waals surface area contributed by atoms with Crippen LogP contribution in [0.5, 0.6) is 11.6 Å². The van der Waals surface area contributed by atoms with Gasteiger partial charge in [-0.15, -0.1) is 0 Å². The Morgan fingerprint density at radius 2 is 1.85 bits per heavy atom. The van der Waals surface area contributed by atoms with Crippen molar-refractivity contribution in [2.45, 2.75) is 31.4 Å². The Balaban J connectivity index is 1.66. The summed E-state index contributed by atoms with van der Waals surface area (Å²) in [4.78, 5) is 26.5. The fourth-order valence-electron chi connectivity index (χ4n) is 2.75. The van der Waals surface area contributed by atoms with Crippen LogP contribution in [-0.2, 0) is 16.7 Å². The Morgan fingerprint density at radius 1 is 1.12 bits per heavy atom. The number of rotatable bonds is 9. The van der Waals surface area contributed by atoms with Crippen LogP contribution >= 0.6 is 0 Å². The first-order valence-corrected chi connectivity index (χ1v) is 11.2. The van der Waals surface area contributed by atoms with Crippen LogP contribution in [0.25, 0.3) is 0 Å². The van der Waals surface area contributed by atoms with E-state index in [1.165, 1.54) is 42.5 Å². The van der Waals surface area contributed by atoms with Crippen LogP contribution in [0, 0.1) is 10.1 Å². The van der Waals surface area contributed by atoms with E-state index in [2.05, 4.69) is 10.3 Å². The molecule has 33 heavy (non-hydrogen) atoms. The summed E-state index contributed by atoms with van der Waals surface area (Å²) >= 11 is 0. The monoisotopic (exact) mass is 471 g/mol. The summed E-state index contributed by atoms with van der Waals surface area (Å²) in [6.07, 6.45) is 1.53. The third kappa shape index (κ3) is 6.26. The maximum absolute atomic E-state index is 12.5. The normalized spacial score (nSPS) is 11.1. The lowest BCUT2D eigenvalue weighted by Gasteiger charge is -2.13. The third-order valence-corrected chi connectivity index (χ3v) is 5.52. The van der Waals surface area contributed by atoms with Crippen LogP contribution in [0.15, 0.2) is 71.8 Å². The van der Waals surface area contributed by atoms with Crippen LogP contribution in [0.2, 0.25) is 0 Å². The molecule has 0 aliphatic rings. The minimum absolute atomic E-state index is 0.0436. The quantitative estimate of drug-likeness (QED) is 0.284. The van der Waals surface area contributed by atoms with E-state index in [-0.39, 0.29) is 40.5 Å². The van der Waals surface area contributed by atoms with Crippen LogP contribution in [0.4, 0.5) is 5.69 Å². The Labute approximate surface area is 190 Å². The molecule has 1 amide bonds. The molecule has 10 nitrogen and oxygen atoms in total. The van der Waals surface area contributed by atoms with Crippen molar-refractivity contribution in [3.8, 4) is 11.6 Å². The molecular weight excluding hydrogens is 450 g/mol. The Hall–Kier alpha value is -3.99. The molecule has 0 radical (unpaired) electrons. The number of carbonyl (C=O) groups is 1. The van der Waals surface area contributed by atoms with Crippen LogP contribution in [-0.4, -0.2) is 30.3 Å². The largest absolute Gasteiger partial charge is 0.475 e. The Bertz CT molecular complexity index is 1260. The highest BCUT2D eigenvalue weighted by atomic mass is 32.2. The van der Waals surface area contributed by atoms with Gasteiger partial charge in [-0.25, -0.2) is 4.98 Å². The molecule has 11 heteroatoms. The standard InChI is InChI=1S/C22H21N3O7S/c1-15(2)31-22-17(5-4-12-23-22)14-24-21(26)16-8-10-19(11-9-16)32-33(29,30)20-7-3-6-18(13-20)25(27)28/h3-13,15H,14H2,1-2H3,(H,24,26). The van der Waals surface area contributed by atoms with E-state index in [0.717, 1.165) is 6.07 Å². The number of nitro benzene ring substituents is 1. The van der Waals surface area contributed by atoms with Crippen molar-refractivity contribution in [2.75, 3.05) is 0 Å². The molecule has 2 aromatic carbocycles. The van der Waals surface area contributed by atoms with Crippen molar-refractivity contribution in [1.82, 2.24) is 10.3 Å². The summed E-state index contributed by atoms with van der Waals surface area (Å²) in [6.45, 7) is 3.94. The number of hydrogen-bond acceptors (Lipinski definition) is 8. The second kappa shape index (κ2) is 10.1. The number of carbonyl (C=O) groups excluding carboxylic acids is 1. The van der Waals surface area contributed by atoms with E-state index in [1.54, 1.807) is 18.3 Å². The van der Waals surface area contributed by atoms with Gasteiger partial charge >= 0.3 is 10.1 Å². The highest BCUT2D eigenvalue weighted by molar-refractivity contribution is 7.87. The number of non-ortho nitro benzene ring substituents is 1. The van der Waals surface area contributed by atoms with Gasteiger partial charge in [0.15, 0.2) is 0 Å². The zero-order chi connectivity index (χ0) is 24.0. The fourth-order valence-corrected chi connectivity index (χ4v) is 3.73. The molecule has 0 bridgehead atoms. The molecule has 0 unspecified atom stereocenters. The van der Waals surface area contributed by atoms with E-state index in [1.807, 2.05) is 13.8 Å². The van der Waals surface area contributed by atoms with E-state index in [9.17, 15) is 23.3 Å². The summed E-state index contributed by atoms with van der Waals surface area (Å²) in [5, 5.41) is 13.6. The molecule has 1 heterocycles. The predicted octanol–water partition coefficient (Wildman–Crippen LogP) is 3.47. The number of nitro groups is 1. The van der Waals surface area contributed by atoms with Gasteiger partial charge in [-0.05, 0) is 50.2 Å². The topological polar surface area (TPSA) is 138 Å². The lowest BCUT2D eigenvalue weighted by molar-refractivity contribution is -0.385. The molecular formula is C22H21N3O7S. The smallest absolute Gasteiger partial charge is 0.339 e. The van der Waals surface area contributed by atoms with Gasteiger partial charge < -0.3 is 14.2 Å². The van der Waals surface area contributed by atoms with E-state index in [0.29, 0.717) is 11.4 Å². The number of aromatic nitrogens is 1. The van der Waals surface area contributed by atoms with Gasteiger partial charge in [0.2, 0.25) is 5.88 Å². The summed E-state index contributed by atoms with van der Waals surface area (Å²) in [7, 11) is -4.29. The molecule has 3 aromatic rings. The second-order valence-electron chi connectivity index (χ2n) is 7.13. The van der Waals surface area contributed by atoms with Crippen molar-refractivity contribution in [3.63, 3.8) is 0 Å². The number of pyridine rings is 1. The summed E-state index contributed by atoms with van der Waals surface area (Å²) in [6, 6.07) is 13.5. The Kier molecular flexibility index (Phi) is 7.23. The predicted molar refractivity (Wildman–Crippen MR) is 119 cm³/mol. The summed E-state index contributed by atoms with van der Waals surface area (Å²) in [5.74, 6) is 0.00304. The first kappa shape index (κ1) is 23.7. The van der Waals surface area contributed by atoms with Crippen molar-refractivity contribution in [3.05, 3.63) is 88.1 Å². The van der Waals surface area contributed by atoms with Crippen LogP contribution in [0.3, 0.4) is 0 Å². The lowest BCUT2D eigenvalue weighted by atomic mass is 10.2. The molecule has 0 atom stereocenters. The molecule has 0 saturated carbocycles. The van der Waals surface area contributed by atoms with Gasteiger partial charge in [0.25, 0.3) is 11.6 Å². The van der Waals surface area contributed by atoms with Crippen LogP contribution < -0.4 is 14.2 Å². The van der Waals surface area contributed by atoms with Gasteiger partial charge in [0, 0.05) is 36.0 Å². The minimum atomic E-state index is -4.29. The number of hydrogen-bond donors (Lipinski definition) is 1. The van der Waals surface area contributed by atoms with E-state index < -0.39 is 15.0 Å². The molecule has 0 aliphatic heterocycles. The molecule has 0 aliphatic carbocycles. The molecule has 1 N–H and O–H groups in total. The molecule has 0 spiro atoms. The number of benzene rings is 2. The van der Waals surface area contributed by atoms with Crippen molar-refractivity contribution < 1.29 is 27.1 Å². The maximum atomic E-state index is 12.5. The number of amides is 1. The highest BCUT2D eigenvalue weighted by Gasteiger charge is 2.20. The van der Waals surface area contributed by atoms with Crippen LogP contribution in [0.1, 0.15) is 29.8 Å². The van der Waals surface area contributed by atoms with E-state index >= 15 is 0 Å². The zero-order valence-corrected chi connectivity index (χ0v) is 18.6. The molecule has 0 saturated heterocycles. The van der Waals surface area contributed by atoms with Gasteiger partial charge in [-0.2, -0.15) is 8.42 Å². The third-order valence-electron chi connectivity index (χ3n) is 4.28. The minimum Gasteiger partial charge on any atom is -0.475 e. The average Bonchev–Trinajstić information content (AvgIpc) is 2.78. The molecule has 3 rings (SSSR count). The van der Waals surface area contributed by atoms with E-state index in [4.69, 9.17) is 8.92 Å². The number of nitrogens with one attached hydrogen (secondary N) is 1. The van der Waals surface area contributed by atoms with Crippen molar-refractivity contribution in [2.24, 2.45) is 0 Å². The number of nitrogens with zero attached hydrogens (tertiary/aromatic N) is 2. The average molecular weight is 471 g/mol.